The zero-order chi connectivity index (χ0) is 9.56. The summed E-state index contributed by atoms with van der Waals surface area (Å²) in [7, 11) is 0. The average molecular weight is 171 g/mol. The Bertz CT molecular complexity index is 132. The minimum Gasteiger partial charge on any atom is -0.354 e. The lowest BCUT2D eigenvalue weighted by Crippen LogP contribution is -2.32. The van der Waals surface area contributed by atoms with Gasteiger partial charge in [-0.2, -0.15) is 0 Å². The fraction of sp³-hybridized carbons (Fsp3) is 0.900. The second-order valence-corrected chi connectivity index (χ2v) is 3.86. The van der Waals surface area contributed by atoms with Crippen molar-refractivity contribution in [1.82, 2.24) is 5.32 Å². The normalized spacial score (nSPS) is 13.1. The summed E-state index contributed by atoms with van der Waals surface area (Å²) in [5, 5.41) is 2.97. The van der Waals surface area contributed by atoms with Crippen molar-refractivity contribution in [2.24, 2.45) is 5.92 Å². The highest BCUT2D eigenvalue weighted by atomic mass is 16.1. The maximum Gasteiger partial charge on any atom is 0.220 e. The van der Waals surface area contributed by atoms with Crippen LogP contribution in [0.4, 0.5) is 0 Å². The lowest BCUT2D eigenvalue weighted by molar-refractivity contribution is -0.122. The summed E-state index contributed by atoms with van der Waals surface area (Å²) in [6, 6.07) is 0.334. The third kappa shape index (κ3) is 6.20. The number of nitrogens with one attached hydrogen (secondary N) is 1. The lowest BCUT2D eigenvalue weighted by atomic mass is 10.1. The highest BCUT2D eigenvalue weighted by molar-refractivity contribution is 5.76. The van der Waals surface area contributed by atoms with Crippen molar-refractivity contribution >= 4 is 5.91 Å². The molecule has 0 heterocycles. The largest absolute Gasteiger partial charge is 0.354 e. The van der Waals surface area contributed by atoms with Crippen molar-refractivity contribution in [3.63, 3.8) is 0 Å². The summed E-state index contributed by atoms with van der Waals surface area (Å²) < 4.78 is 0. The Kier molecular flexibility index (Phi) is 5.77. The third-order valence-electron chi connectivity index (χ3n) is 1.72. The van der Waals surface area contributed by atoms with Crippen molar-refractivity contribution in [2.75, 3.05) is 0 Å². The van der Waals surface area contributed by atoms with Gasteiger partial charge in [0.2, 0.25) is 5.91 Å². The number of amides is 1. The molecule has 0 rings (SSSR count). The van der Waals surface area contributed by atoms with Crippen LogP contribution in [0.25, 0.3) is 0 Å². The number of rotatable bonds is 5. The number of carbonyl (C=O) groups excluding carboxylic acids is 1. The Hall–Kier alpha value is -0.530. The van der Waals surface area contributed by atoms with Crippen LogP contribution in [0.3, 0.4) is 0 Å². The Labute approximate surface area is 75.7 Å². The first-order valence-electron chi connectivity index (χ1n) is 4.85. The molecule has 1 N–H and O–H groups in total. The fourth-order valence-corrected chi connectivity index (χ4v) is 1.21. The first-order valence-corrected chi connectivity index (χ1v) is 4.85. The first-order chi connectivity index (χ1) is 5.56. The third-order valence-corrected chi connectivity index (χ3v) is 1.72. The molecular weight excluding hydrogens is 150 g/mol. The molecule has 0 bridgehead atoms. The second-order valence-electron chi connectivity index (χ2n) is 3.86. The smallest absolute Gasteiger partial charge is 0.220 e. The maximum absolute atomic E-state index is 11.2. The van der Waals surface area contributed by atoms with Gasteiger partial charge in [-0.25, -0.2) is 0 Å². The van der Waals surface area contributed by atoms with E-state index in [1.165, 1.54) is 0 Å². The van der Waals surface area contributed by atoms with Crippen LogP contribution >= 0.6 is 0 Å². The summed E-state index contributed by atoms with van der Waals surface area (Å²) in [5.41, 5.74) is 0. The molecule has 0 aromatic rings. The van der Waals surface area contributed by atoms with Crippen molar-refractivity contribution in [3.05, 3.63) is 0 Å². The molecule has 12 heavy (non-hydrogen) atoms. The van der Waals surface area contributed by atoms with E-state index in [0.29, 0.717) is 18.4 Å². The molecule has 0 saturated carbocycles. The van der Waals surface area contributed by atoms with E-state index in [2.05, 4.69) is 33.0 Å². The molecular formula is C10H21NO. The van der Waals surface area contributed by atoms with Crippen molar-refractivity contribution in [1.29, 1.82) is 0 Å². The summed E-state index contributed by atoms with van der Waals surface area (Å²) >= 11 is 0. The molecule has 0 fully saturated rings. The Morgan fingerprint density at radius 2 is 1.92 bits per heavy atom. The van der Waals surface area contributed by atoms with Crippen LogP contribution in [0.2, 0.25) is 0 Å². The van der Waals surface area contributed by atoms with Gasteiger partial charge < -0.3 is 5.32 Å². The minimum atomic E-state index is 0.186. The molecule has 2 nitrogen and oxygen atoms in total. The summed E-state index contributed by atoms with van der Waals surface area (Å²) in [6.07, 6.45) is 2.85. The van der Waals surface area contributed by atoms with Crippen molar-refractivity contribution in [2.45, 2.75) is 53.0 Å². The number of carbonyl (C=O) groups is 1. The van der Waals surface area contributed by atoms with Gasteiger partial charge in [0.1, 0.15) is 0 Å². The van der Waals surface area contributed by atoms with Gasteiger partial charge in [-0.3, -0.25) is 4.79 Å². The minimum absolute atomic E-state index is 0.186. The molecule has 0 aliphatic rings. The molecule has 1 amide bonds. The maximum atomic E-state index is 11.2. The molecule has 1 atom stereocenters. The molecule has 0 aliphatic carbocycles. The van der Waals surface area contributed by atoms with Crippen LogP contribution in [0.1, 0.15) is 47.0 Å². The number of hydrogen-bond donors (Lipinski definition) is 1. The molecule has 0 aromatic heterocycles. The van der Waals surface area contributed by atoms with Gasteiger partial charge >= 0.3 is 0 Å². The molecule has 0 spiro atoms. The predicted molar refractivity (Wildman–Crippen MR) is 52.0 cm³/mol. The highest BCUT2D eigenvalue weighted by Crippen LogP contribution is 2.00. The van der Waals surface area contributed by atoms with Crippen molar-refractivity contribution in [3.8, 4) is 0 Å². The Morgan fingerprint density at radius 1 is 1.33 bits per heavy atom. The molecule has 0 radical (unpaired) electrons. The zero-order valence-electron chi connectivity index (χ0n) is 8.68. The Morgan fingerprint density at radius 3 is 2.33 bits per heavy atom. The van der Waals surface area contributed by atoms with Crippen LogP contribution in [0, 0.1) is 5.92 Å². The standard InChI is InChI=1S/C10H21NO/c1-5-6-9(4)11-10(12)7-8(2)3/h8-9H,5-7H2,1-4H3,(H,11,12). The van der Waals surface area contributed by atoms with Gasteiger partial charge in [-0.1, -0.05) is 27.2 Å². The van der Waals surface area contributed by atoms with E-state index in [1.807, 2.05) is 0 Å². The van der Waals surface area contributed by atoms with E-state index in [0.717, 1.165) is 12.8 Å². The van der Waals surface area contributed by atoms with E-state index in [4.69, 9.17) is 0 Å². The van der Waals surface area contributed by atoms with Crippen LogP contribution in [0.5, 0.6) is 0 Å². The Balaban J connectivity index is 3.54. The quantitative estimate of drug-likeness (QED) is 0.676. The van der Waals surface area contributed by atoms with Gasteiger partial charge in [0.25, 0.3) is 0 Å². The highest BCUT2D eigenvalue weighted by Gasteiger charge is 2.07. The average Bonchev–Trinajstić information content (AvgIpc) is 1.84. The lowest BCUT2D eigenvalue weighted by Gasteiger charge is -2.13. The first kappa shape index (κ1) is 11.5. The summed E-state index contributed by atoms with van der Waals surface area (Å²) in [6.45, 7) is 8.31. The molecule has 2 heteroatoms. The summed E-state index contributed by atoms with van der Waals surface area (Å²) in [5.74, 6) is 0.643. The van der Waals surface area contributed by atoms with Crippen LogP contribution in [-0.4, -0.2) is 11.9 Å². The van der Waals surface area contributed by atoms with E-state index in [-0.39, 0.29) is 5.91 Å². The van der Waals surface area contributed by atoms with Crippen LogP contribution in [-0.2, 0) is 4.79 Å². The van der Waals surface area contributed by atoms with Crippen LogP contribution in [0.15, 0.2) is 0 Å². The SMILES string of the molecule is CCCC(C)NC(=O)CC(C)C. The topological polar surface area (TPSA) is 29.1 Å². The van der Waals surface area contributed by atoms with Gasteiger partial charge in [-0.15, -0.1) is 0 Å². The number of hydrogen-bond acceptors (Lipinski definition) is 1. The van der Waals surface area contributed by atoms with Gasteiger partial charge in [-0.05, 0) is 19.3 Å². The van der Waals surface area contributed by atoms with E-state index in [9.17, 15) is 4.79 Å². The fourth-order valence-electron chi connectivity index (χ4n) is 1.21. The molecule has 72 valence electrons. The predicted octanol–water partition coefficient (Wildman–Crippen LogP) is 2.34. The molecule has 0 aliphatic heterocycles. The van der Waals surface area contributed by atoms with E-state index < -0.39 is 0 Å². The van der Waals surface area contributed by atoms with Gasteiger partial charge in [0.05, 0.1) is 0 Å². The van der Waals surface area contributed by atoms with Crippen LogP contribution < -0.4 is 5.32 Å². The van der Waals surface area contributed by atoms with E-state index >= 15 is 0 Å². The van der Waals surface area contributed by atoms with E-state index in [1.54, 1.807) is 0 Å². The molecule has 0 saturated heterocycles. The van der Waals surface area contributed by atoms with Crippen molar-refractivity contribution < 1.29 is 4.79 Å². The zero-order valence-corrected chi connectivity index (χ0v) is 8.68. The summed E-state index contributed by atoms with van der Waals surface area (Å²) in [4.78, 5) is 11.2. The molecule has 0 aromatic carbocycles. The second kappa shape index (κ2) is 6.04. The van der Waals surface area contributed by atoms with Gasteiger partial charge in [0.15, 0.2) is 0 Å². The molecule has 1 unspecified atom stereocenters. The van der Waals surface area contributed by atoms with Gasteiger partial charge in [0, 0.05) is 12.5 Å². The monoisotopic (exact) mass is 171 g/mol.